The van der Waals surface area contributed by atoms with Gasteiger partial charge in [0.1, 0.15) is 5.75 Å². The summed E-state index contributed by atoms with van der Waals surface area (Å²) in [5, 5.41) is 0. The molecule has 1 aliphatic rings. The number of hydrogen-bond acceptors (Lipinski definition) is 5. The molecule has 0 spiro atoms. The molecule has 112 valence electrons. The molecule has 0 saturated carbocycles. The van der Waals surface area contributed by atoms with Crippen LogP contribution in [0, 0.1) is 0 Å². The van der Waals surface area contributed by atoms with Crippen molar-refractivity contribution in [3.8, 4) is 5.75 Å². The van der Waals surface area contributed by atoms with Gasteiger partial charge in [0.2, 0.25) is 0 Å². The number of nitrogens with two attached hydrogens (primary N) is 1. The highest BCUT2D eigenvalue weighted by Gasteiger charge is 2.21. The molecule has 0 bridgehead atoms. The van der Waals surface area contributed by atoms with E-state index in [4.69, 9.17) is 15.2 Å². The molecule has 0 aliphatic carbocycles. The summed E-state index contributed by atoms with van der Waals surface area (Å²) < 4.78 is 35.2. The molecule has 0 amide bonds. The van der Waals surface area contributed by atoms with E-state index in [0.717, 1.165) is 25.9 Å². The van der Waals surface area contributed by atoms with E-state index in [-0.39, 0.29) is 22.4 Å². The molecule has 2 N–H and O–H groups in total. The molecule has 1 heterocycles. The maximum absolute atomic E-state index is 12.3. The third-order valence-electron chi connectivity index (χ3n) is 3.52. The van der Waals surface area contributed by atoms with Crippen LogP contribution in [-0.4, -0.2) is 34.0 Å². The van der Waals surface area contributed by atoms with Gasteiger partial charge in [-0.25, -0.2) is 8.42 Å². The molecule has 1 atom stereocenters. The Morgan fingerprint density at radius 3 is 2.90 bits per heavy atom. The molecule has 1 unspecified atom stereocenters. The monoisotopic (exact) mass is 299 g/mol. The predicted octanol–water partition coefficient (Wildman–Crippen LogP) is 2.01. The summed E-state index contributed by atoms with van der Waals surface area (Å²) in [6.07, 6.45) is 3.68. The minimum atomic E-state index is -3.38. The highest BCUT2D eigenvalue weighted by Crippen LogP contribution is 2.26. The molecule has 1 aliphatic heterocycles. The van der Waals surface area contributed by atoms with Crippen LogP contribution in [0.2, 0.25) is 0 Å². The Bertz CT molecular complexity index is 550. The lowest BCUT2D eigenvalue weighted by Crippen LogP contribution is -2.12. The Morgan fingerprint density at radius 1 is 1.45 bits per heavy atom. The number of nitrogen functional groups attached to an aromatic ring is 1. The summed E-state index contributed by atoms with van der Waals surface area (Å²) >= 11 is 0. The van der Waals surface area contributed by atoms with Gasteiger partial charge < -0.3 is 15.2 Å². The van der Waals surface area contributed by atoms with Gasteiger partial charge in [-0.1, -0.05) is 0 Å². The van der Waals surface area contributed by atoms with Gasteiger partial charge in [0, 0.05) is 12.7 Å². The summed E-state index contributed by atoms with van der Waals surface area (Å²) in [4.78, 5) is 0.157. The second kappa shape index (κ2) is 6.45. The van der Waals surface area contributed by atoms with Crippen molar-refractivity contribution in [3.05, 3.63) is 18.2 Å². The maximum Gasteiger partial charge on any atom is 0.180 e. The molecule has 6 heteroatoms. The lowest BCUT2D eigenvalue weighted by Gasteiger charge is -2.11. The fourth-order valence-corrected chi connectivity index (χ4v) is 3.88. The average molecular weight is 299 g/mol. The smallest absolute Gasteiger partial charge is 0.180 e. The Labute approximate surface area is 120 Å². The van der Waals surface area contributed by atoms with Gasteiger partial charge >= 0.3 is 0 Å². The summed E-state index contributed by atoms with van der Waals surface area (Å²) in [5.74, 6) is 0.585. The zero-order chi connectivity index (χ0) is 14.6. The molecule has 2 rings (SSSR count). The normalized spacial score (nSPS) is 19.1. The van der Waals surface area contributed by atoms with Crippen molar-refractivity contribution in [2.24, 2.45) is 0 Å². The lowest BCUT2D eigenvalue weighted by molar-refractivity contribution is 0.104. The van der Waals surface area contributed by atoms with Crippen LogP contribution in [0.4, 0.5) is 5.69 Å². The first-order valence-electron chi connectivity index (χ1n) is 6.81. The van der Waals surface area contributed by atoms with E-state index in [0.29, 0.717) is 12.2 Å². The van der Waals surface area contributed by atoms with Crippen LogP contribution in [0.15, 0.2) is 23.1 Å². The van der Waals surface area contributed by atoms with Gasteiger partial charge in [-0.2, -0.15) is 0 Å². The maximum atomic E-state index is 12.3. The number of anilines is 1. The molecular weight excluding hydrogens is 278 g/mol. The zero-order valence-electron chi connectivity index (χ0n) is 11.7. The molecule has 1 aromatic carbocycles. The molecule has 5 nitrogen and oxygen atoms in total. The summed E-state index contributed by atoms with van der Waals surface area (Å²) in [7, 11) is -1.88. The molecule has 1 aromatic rings. The van der Waals surface area contributed by atoms with Crippen molar-refractivity contribution in [2.75, 3.05) is 25.2 Å². The van der Waals surface area contributed by atoms with E-state index in [2.05, 4.69) is 0 Å². The van der Waals surface area contributed by atoms with Gasteiger partial charge in [0.25, 0.3) is 0 Å². The van der Waals surface area contributed by atoms with E-state index in [1.807, 2.05) is 0 Å². The van der Waals surface area contributed by atoms with Crippen LogP contribution in [0.5, 0.6) is 5.75 Å². The van der Waals surface area contributed by atoms with Crippen molar-refractivity contribution in [2.45, 2.75) is 36.7 Å². The van der Waals surface area contributed by atoms with E-state index < -0.39 is 9.84 Å². The third-order valence-corrected chi connectivity index (χ3v) is 5.37. The SMILES string of the molecule is COc1ccc(N)c(S(=O)(=O)CCCC2CCCO2)c1. The zero-order valence-corrected chi connectivity index (χ0v) is 12.5. The minimum Gasteiger partial charge on any atom is -0.497 e. The first-order chi connectivity index (χ1) is 9.53. The van der Waals surface area contributed by atoms with Crippen LogP contribution in [0.3, 0.4) is 0 Å². The lowest BCUT2D eigenvalue weighted by atomic mass is 10.1. The molecule has 20 heavy (non-hydrogen) atoms. The van der Waals surface area contributed by atoms with Crippen molar-refractivity contribution in [1.29, 1.82) is 0 Å². The van der Waals surface area contributed by atoms with Crippen molar-refractivity contribution < 1.29 is 17.9 Å². The Kier molecular flexibility index (Phi) is 4.88. The van der Waals surface area contributed by atoms with E-state index in [1.165, 1.54) is 13.2 Å². The number of ether oxygens (including phenoxy) is 2. The van der Waals surface area contributed by atoms with Crippen molar-refractivity contribution >= 4 is 15.5 Å². The topological polar surface area (TPSA) is 78.6 Å². The van der Waals surface area contributed by atoms with Gasteiger partial charge in [0.15, 0.2) is 9.84 Å². The van der Waals surface area contributed by atoms with Gasteiger partial charge in [0.05, 0.1) is 29.5 Å². The first-order valence-corrected chi connectivity index (χ1v) is 8.46. The average Bonchev–Trinajstić information content (AvgIpc) is 2.92. The van der Waals surface area contributed by atoms with Crippen molar-refractivity contribution in [1.82, 2.24) is 0 Å². The van der Waals surface area contributed by atoms with Crippen LogP contribution >= 0.6 is 0 Å². The first kappa shape index (κ1) is 15.1. The number of rotatable bonds is 6. The molecular formula is C14H21NO4S. The van der Waals surface area contributed by atoms with Crippen molar-refractivity contribution in [3.63, 3.8) is 0 Å². The van der Waals surface area contributed by atoms with Gasteiger partial charge in [-0.3, -0.25) is 0 Å². The standard InChI is InChI=1S/C14H21NO4S/c1-18-12-6-7-13(15)14(10-12)20(16,17)9-3-5-11-4-2-8-19-11/h6-7,10-11H,2-5,8-9,15H2,1H3. The molecule has 0 aromatic heterocycles. The van der Waals surface area contributed by atoms with Crippen LogP contribution in [0.25, 0.3) is 0 Å². The van der Waals surface area contributed by atoms with E-state index in [9.17, 15) is 8.42 Å². The van der Waals surface area contributed by atoms with E-state index in [1.54, 1.807) is 12.1 Å². The van der Waals surface area contributed by atoms with Crippen LogP contribution in [-0.2, 0) is 14.6 Å². The molecule has 0 radical (unpaired) electrons. The highest BCUT2D eigenvalue weighted by atomic mass is 32.2. The number of benzene rings is 1. The Hall–Kier alpha value is -1.27. The quantitative estimate of drug-likeness (QED) is 0.813. The second-order valence-electron chi connectivity index (χ2n) is 5.00. The fraction of sp³-hybridized carbons (Fsp3) is 0.571. The number of methoxy groups -OCH3 is 1. The molecule has 1 fully saturated rings. The Morgan fingerprint density at radius 2 is 2.25 bits per heavy atom. The van der Waals surface area contributed by atoms with E-state index >= 15 is 0 Å². The largest absolute Gasteiger partial charge is 0.497 e. The number of sulfone groups is 1. The number of hydrogen-bond donors (Lipinski definition) is 1. The fourth-order valence-electron chi connectivity index (χ4n) is 2.39. The van der Waals surface area contributed by atoms with Crippen LogP contribution in [0.1, 0.15) is 25.7 Å². The predicted molar refractivity (Wildman–Crippen MR) is 77.7 cm³/mol. The second-order valence-corrected chi connectivity index (χ2v) is 7.08. The third kappa shape index (κ3) is 3.64. The van der Waals surface area contributed by atoms with Gasteiger partial charge in [-0.05, 0) is 37.8 Å². The highest BCUT2D eigenvalue weighted by molar-refractivity contribution is 7.91. The summed E-state index contributed by atoms with van der Waals surface area (Å²) in [6, 6.07) is 4.70. The van der Waals surface area contributed by atoms with Gasteiger partial charge in [-0.15, -0.1) is 0 Å². The summed E-state index contributed by atoms with van der Waals surface area (Å²) in [6.45, 7) is 0.792. The summed E-state index contributed by atoms with van der Waals surface area (Å²) in [5.41, 5.74) is 6.03. The molecule has 1 saturated heterocycles. The minimum absolute atomic E-state index is 0.0875. The Balaban J connectivity index is 2.01. The van der Waals surface area contributed by atoms with Crippen LogP contribution < -0.4 is 10.5 Å².